The molecule has 3 rings (SSSR count). The van der Waals surface area contributed by atoms with E-state index >= 15 is 0 Å². The van der Waals surface area contributed by atoms with Crippen LogP contribution >= 0.6 is 0 Å². The summed E-state index contributed by atoms with van der Waals surface area (Å²) in [5.74, 6) is 1.01. The van der Waals surface area contributed by atoms with Crippen molar-refractivity contribution in [2.75, 3.05) is 6.54 Å². The van der Waals surface area contributed by atoms with Crippen molar-refractivity contribution < 1.29 is 14.4 Å². The summed E-state index contributed by atoms with van der Waals surface area (Å²) in [6, 6.07) is -0.332. The molecule has 1 saturated carbocycles. The Kier molecular flexibility index (Phi) is 3.09. The minimum Gasteiger partial charge on any atom is -0.480 e. The molecule has 1 aromatic rings. The molecule has 1 aromatic heterocycles. The molecule has 3 unspecified atom stereocenters. The summed E-state index contributed by atoms with van der Waals surface area (Å²) in [4.78, 5) is 13.7. The third-order valence-electron chi connectivity index (χ3n) is 4.78. The van der Waals surface area contributed by atoms with E-state index in [0.29, 0.717) is 18.4 Å². The Morgan fingerprint density at radius 1 is 1.47 bits per heavy atom. The number of aliphatic carboxylic acids is 1. The predicted molar refractivity (Wildman–Crippen MR) is 68.6 cm³/mol. The molecule has 1 N–H and O–H groups in total. The van der Waals surface area contributed by atoms with Crippen LogP contribution in [0.2, 0.25) is 0 Å². The molecule has 19 heavy (non-hydrogen) atoms. The molecular formula is C14H20N2O3. The highest BCUT2D eigenvalue weighted by molar-refractivity contribution is 5.74. The number of hydrogen-bond donors (Lipinski definition) is 1. The van der Waals surface area contributed by atoms with Crippen molar-refractivity contribution in [2.45, 2.75) is 45.7 Å². The van der Waals surface area contributed by atoms with E-state index in [9.17, 15) is 9.90 Å². The van der Waals surface area contributed by atoms with Crippen LogP contribution in [0, 0.1) is 25.7 Å². The summed E-state index contributed by atoms with van der Waals surface area (Å²) in [6.45, 7) is 5.34. The van der Waals surface area contributed by atoms with Gasteiger partial charge in [-0.25, -0.2) is 0 Å². The van der Waals surface area contributed by atoms with Gasteiger partial charge in [-0.2, -0.15) is 0 Å². The summed E-state index contributed by atoms with van der Waals surface area (Å²) in [7, 11) is 0. The van der Waals surface area contributed by atoms with Gasteiger partial charge < -0.3 is 9.63 Å². The zero-order chi connectivity index (χ0) is 13.6. The highest BCUT2D eigenvalue weighted by Crippen LogP contribution is 2.43. The predicted octanol–water partition coefficient (Wildman–Crippen LogP) is 1.98. The van der Waals surface area contributed by atoms with E-state index in [1.54, 1.807) is 0 Å². The highest BCUT2D eigenvalue weighted by Gasteiger charge is 2.47. The number of hydrogen-bond acceptors (Lipinski definition) is 4. The number of carboxylic acid groups (broad SMARTS) is 1. The van der Waals surface area contributed by atoms with Gasteiger partial charge in [-0.3, -0.25) is 9.69 Å². The van der Waals surface area contributed by atoms with Gasteiger partial charge in [0, 0.05) is 18.7 Å². The van der Waals surface area contributed by atoms with Crippen molar-refractivity contribution >= 4 is 5.97 Å². The summed E-state index contributed by atoms with van der Waals surface area (Å²) in [5, 5.41) is 13.5. The second kappa shape index (κ2) is 4.63. The van der Waals surface area contributed by atoms with Crippen molar-refractivity contribution in [3.8, 4) is 0 Å². The molecule has 3 atom stereocenters. The number of rotatable bonds is 3. The first-order valence-electron chi connectivity index (χ1n) is 6.96. The third kappa shape index (κ3) is 2.06. The molecule has 0 bridgehead atoms. The van der Waals surface area contributed by atoms with Crippen LogP contribution in [-0.2, 0) is 11.3 Å². The third-order valence-corrected chi connectivity index (χ3v) is 4.78. The van der Waals surface area contributed by atoms with Crippen molar-refractivity contribution in [1.29, 1.82) is 0 Å². The van der Waals surface area contributed by atoms with Crippen LogP contribution in [-0.4, -0.2) is 33.7 Å². The van der Waals surface area contributed by atoms with Crippen LogP contribution < -0.4 is 0 Å². The second-order valence-corrected chi connectivity index (χ2v) is 5.87. The molecule has 2 fully saturated rings. The molecule has 5 nitrogen and oxygen atoms in total. The van der Waals surface area contributed by atoms with Gasteiger partial charge in [0.15, 0.2) is 0 Å². The van der Waals surface area contributed by atoms with Gasteiger partial charge in [0.05, 0.1) is 5.69 Å². The van der Waals surface area contributed by atoms with Gasteiger partial charge in [0.2, 0.25) is 0 Å². The summed E-state index contributed by atoms with van der Waals surface area (Å²) < 4.78 is 5.17. The molecule has 1 aliphatic carbocycles. The van der Waals surface area contributed by atoms with Crippen molar-refractivity contribution in [2.24, 2.45) is 11.8 Å². The van der Waals surface area contributed by atoms with E-state index in [1.165, 1.54) is 12.8 Å². The average molecular weight is 264 g/mol. The maximum Gasteiger partial charge on any atom is 0.321 e. The summed E-state index contributed by atoms with van der Waals surface area (Å²) in [6.07, 6.45) is 3.41. The van der Waals surface area contributed by atoms with Gasteiger partial charge in [0.25, 0.3) is 0 Å². The van der Waals surface area contributed by atoms with Gasteiger partial charge in [-0.05, 0) is 38.5 Å². The normalized spacial score (nSPS) is 30.7. The Bertz CT molecular complexity index is 477. The lowest BCUT2D eigenvalue weighted by Gasteiger charge is -2.23. The monoisotopic (exact) mass is 264 g/mol. The van der Waals surface area contributed by atoms with Crippen molar-refractivity contribution in [3.05, 3.63) is 17.0 Å². The van der Waals surface area contributed by atoms with Gasteiger partial charge in [-0.15, -0.1) is 0 Å². The molecule has 1 aliphatic heterocycles. The van der Waals surface area contributed by atoms with Crippen LogP contribution in [0.1, 0.15) is 36.3 Å². The van der Waals surface area contributed by atoms with Crippen molar-refractivity contribution in [3.63, 3.8) is 0 Å². The molecule has 0 aromatic carbocycles. The highest BCUT2D eigenvalue weighted by atomic mass is 16.5. The summed E-state index contributed by atoms with van der Waals surface area (Å²) >= 11 is 0. The van der Waals surface area contributed by atoms with Crippen LogP contribution in [0.25, 0.3) is 0 Å². The maximum atomic E-state index is 11.6. The number of carbonyl (C=O) groups is 1. The van der Waals surface area contributed by atoms with Crippen LogP contribution in [0.3, 0.4) is 0 Å². The minimum atomic E-state index is -0.679. The zero-order valence-corrected chi connectivity index (χ0v) is 11.4. The quantitative estimate of drug-likeness (QED) is 0.904. The van der Waals surface area contributed by atoms with Crippen LogP contribution in [0.4, 0.5) is 0 Å². The maximum absolute atomic E-state index is 11.6. The SMILES string of the molecule is Cc1noc(C)c1CN1CC2CCCC2C1C(=O)O. The fourth-order valence-electron chi connectivity index (χ4n) is 3.83. The lowest BCUT2D eigenvalue weighted by molar-refractivity contribution is -0.143. The Balaban J connectivity index is 1.82. The molecule has 5 heteroatoms. The molecule has 1 saturated heterocycles. The van der Waals surface area contributed by atoms with Crippen LogP contribution in [0.5, 0.6) is 0 Å². The number of nitrogens with zero attached hydrogens (tertiary/aromatic N) is 2. The largest absolute Gasteiger partial charge is 0.480 e. The number of carboxylic acids is 1. The lowest BCUT2D eigenvalue weighted by atomic mass is 9.94. The standard InChI is InChI=1S/C14H20N2O3/c1-8-12(9(2)19-15-8)7-16-6-10-4-3-5-11(10)13(16)14(17)18/h10-11,13H,3-7H2,1-2H3,(H,17,18). The first-order chi connectivity index (χ1) is 9.08. The number of fused-ring (bicyclic) bond motifs is 1. The first-order valence-corrected chi connectivity index (χ1v) is 6.96. The lowest BCUT2D eigenvalue weighted by Crippen LogP contribution is -2.39. The Hall–Kier alpha value is -1.36. The molecule has 2 heterocycles. The van der Waals surface area contributed by atoms with E-state index in [0.717, 1.165) is 30.0 Å². The zero-order valence-electron chi connectivity index (χ0n) is 11.4. The van der Waals surface area contributed by atoms with Gasteiger partial charge in [-0.1, -0.05) is 11.6 Å². The molecule has 2 aliphatic rings. The Labute approximate surface area is 112 Å². The topological polar surface area (TPSA) is 66.6 Å². The van der Waals surface area contributed by atoms with E-state index in [4.69, 9.17) is 4.52 Å². The Morgan fingerprint density at radius 2 is 2.26 bits per heavy atom. The van der Waals surface area contributed by atoms with E-state index < -0.39 is 5.97 Å². The van der Waals surface area contributed by atoms with Crippen molar-refractivity contribution in [1.82, 2.24) is 10.1 Å². The van der Waals surface area contributed by atoms with Gasteiger partial charge >= 0.3 is 5.97 Å². The minimum absolute atomic E-state index is 0.331. The molecule has 104 valence electrons. The first kappa shape index (κ1) is 12.7. The number of likely N-dealkylation sites (tertiary alicyclic amines) is 1. The van der Waals surface area contributed by atoms with E-state index in [-0.39, 0.29) is 6.04 Å². The van der Waals surface area contributed by atoms with E-state index in [1.807, 2.05) is 13.8 Å². The fraction of sp³-hybridized carbons (Fsp3) is 0.714. The molecule has 0 radical (unpaired) electrons. The average Bonchev–Trinajstić information content (AvgIpc) is 2.98. The summed E-state index contributed by atoms with van der Waals surface area (Å²) in [5.41, 5.74) is 1.92. The van der Waals surface area contributed by atoms with E-state index in [2.05, 4.69) is 10.1 Å². The number of aromatic nitrogens is 1. The second-order valence-electron chi connectivity index (χ2n) is 5.87. The fourth-order valence-corrected chi connectivity index (χ4v) is 3.83. The Morgan fingerprint density at radius 3 is 2.89 bits per heavy atom. The van der Waals surface area contributed by atoms with Crippen LogP contribution in [0.15, 0.2) is 4.52 Å². The molecular weight excluding hydrogens is 244 g/mol. The smallest absolute Gasteiger partial charge is 0.321 e. The van der Waals surface area contributed by atoms with Gasteiger partial charge in [0.1, 0.15) is 11.8 Å². The molecule has 0 amide bonds. The number of aryl methyl sites for hydroxylation is 2. The molecule has 0 spiro atoms.